The Labute approximate surface area is 205 Å². The van der Waals surface area contributed by atoms with Gasteiger partial charge in [0.05, 0.1) is 35.2 Å². The number of hydrogen-bond acceptors (Lipinski definition) is 6. The second-order valence-corrected chi connectivity index (χ2v) is 9.13. The maximum Gasteiger partial charge on any atom is 0.271 e. The molecule has 0 fully saturated rings. The number of rotatable bonds is 5. The molecule has 9 heteroatoms. The Bertz CT molecular complexity index is 1610. The molecule has 176 valence electrons. The van der Waals surface area contributed by atoms with E-state index in [-0.39, 0.29) is 11.5 Å². The van der Waals surface area contributed by atoms with Crippen LogP contribution in [0.5, 0.6) is 5.75 Å². The van der Waals surface area contributed by atoms with Crippen LogP contribution in [0.4, 0.5) is 5.69 Å². The number of hydrogen-bond donors (Lipinski definition) is 1. The van der Waals surface area contributed by atoms with Crippen LogP contribution in [0.15, 0.2) is 88.0 Å². The number of thiazole rings is 1. The monoisotopic (exact) mass is 485 g/mol. The summed E-state index contributed by atoms with van der Waals surface area (Å²) in [6, 6.07) is 16.0. The Balaban J connectivity index is 1.67. The van der Waals surface area contributed by atoms with Crippen molar-refractivity contribution in [3.63, 3.8) is 0 Å². The Morgan fingerprint density at radius 1 is 1.14 bits per heavy atom. The van der Waals surface area contributed by atoms with Gasteiger partial charge in [-0.05, 0) is 42.8 Å². The predicted molar refractivity (Wildman–Crippen MR) is 135 cm³/mol. The number of carbonyl (C=O) groups excluding carboxylic acids is 1. The normalized spacial score (nSPS) is 15.5. The quantitative estimate of drug-likeness (QED) is 0.471. The fourth-order valence-electron chi connectivity index (χ4n) is 4.10. The summed E-state index contributed by atoms with van der Waals surface area (Å²) in [5.41, 5.74) is 3.04. The molecule has 1 N–H and O–H groups in total. The largest absolute Gasteiger partial charge is 0.497 e. The van der Waals surface area contributed by atoms with Gasteiger partial charge in [0, 0.05) is 24.5 Å². The van der Waals surface area contributed by atoms with E-state index in [0.717, 1.165) is 11.1 Å². The van der Waals surface area contributed by atoms with E-state index < -0.39 is 6.04 Å². The average molecular weight is 486 g/mol. The molecule has 1 amide bonds. The van der Waals surface area contributed by atoms with Crippen LogP contribution in [-0.2, 0) is 11.8 Å². The highest BCUT2D eigenvalue weighted by atomic mass is 32.1. The summed E-state index contributed by atoms with van der Waals surface area (Å²) in [6.45, 7) is 1.80. The number of carbonyl (C=O) groups is 1. The molecule has 1 aliphatic heterocycles. The number of nitrogens with one attached hydrogen (secondary N) is 1. The van der Waals surface area contributed by atoms with Crippen LogP contribution in [0, 0.1) is 0 Å². The van der Waals surface area contributed by atoms with E-state index in [0.29, 0.717) is 32.0 Å². The van der Waals surface area contributed by atoms with E-state index in [1.54, 1.807) is 35.6 Å². The lowest BCUT2D eigenvalue weighted by atomic mass is 9.95. The van der Waals surface area contributed by atoms with Gasteiger partial charge in [-0.15, -0.1) is 0 Å². The zero-order valence-corrected chi connectivity index (χ0v) is 20.2. The van der Waals surface area contributed by atoms with Gasteiger partial charge in [0.15, 0.2) is 4.80 Å². The number of allylic oxidation sites excluding steroid dienone is 1. The molecule has 2 aromatic carbocycles. The average Bonchev–Trinajstić information content (AvgIpc) is 3.41. The number of ether oxygens (including phenoxy) is 1. The zero-order chi connectivity index (χ0) is 24.5. The van der Waals surface area contributed by atoms with Crippen molar-refractivity contribution in [1.29, 1.82) is 0 Å². The molecule has 0 aliphatic carbocycles. The summed E-state index contributed by atoms with van der Waals surface area (Å²) in [6.07, 6.45) is 5.33. The number of amides is 1. The number of aromatic nitrogens is 3. The van der Waals surface area contributed by atoms with Gasteiger partial charge in [0.2, 0.25) is 0 Å². The molecular formula is C26H23N5O3S. The second kappa shape index (κ2) is 9.19. The summed E-state index contributed by atoms with van der Waals surface area (Å²) in [5.74, 6) is 0.383. The third-order valence-electron chi connectivity index (χ3n) is 5.75. The lowest BCUT2D eigenvalue weighted by Gasteiger charge is -2.25. The molecule has 0 saturated heterocycles. The predicted octanol–water partition coefficient (Wildman–Crippen LogP) is 2.62. The van der Waals surface area contributed by atoms with E-state index in [2.05, 4.69) is 15.4 Å². The first-order valence-electron chi connectivity index (χ1n) is 11.0. The maximum atomic E-state index is 13.6. The SMILES string of the molecule is COc1ccc([C@H]2C(C(=O)Nc3ccccc3)=C(C)N=c3sc(=Cc4cnn(C)c4)c(=O)n32)cc1. The van der Waals surface area contributed by atoms with Crippen LogP contribution in [-0.4, -0.2) is 27.4 Å². The van der Waals surface area contributed by atoms with E-state index in [1.165, 1.54) is 11.3 Å². The third kappa shape index (κ3) is 4.33. The van der Waals surface area contributed by atoms with Crippen molar-refractivity contribution in [3.8, 4) is 5.75 Å². The van der Waals surface area contributed by atoms with Gasteiger partial charge in [-0.25, -0.2) is 4.99 Å². The molecule has 3 heterocycles. The molecule has 0 unspecified atom stereocenters. The Morgan fingerprint density at radius 3 is 2.54 bits per heavy atom. The van der Waals surface area contributed by atoms with Crippen molar-refractivity contribution in [1.82, 2.24) is 14.3 Å². The highest BCUT2D eigenvalue weighted by Crippen LogP contribution is 2.31. The number of nitrogens with zero attached hydrogens (tertiary/aromatic N) is 4. The molecule has 1 aliphatic rings. The minimum Gasteiger partial charge on any atom is -0.497 e. The Hall–Kier alpha value is -4.24. The maximum absolute atomic E-state index is 13.6. The van der Waals surface area contributed by atoms with Gasteiger partial charge in [-0.1, -0.05) is 41.7 Å². The fraction of sp³-hybridized carbons (Fsp3) is 0.154. The minimum atomic E-state index is -0.642. The number of para-hydroxylation sites is 1. The van der Waals surface area contributed by atoms with Gasteiger partial charge in [-0.2, -0.15) is 5.10 Å². The molecule has 0 saturated carbocycles. The van der Waals surface area contributed by atoms with Crippen molar-refractivity contribution < 1.29 is 9.53 Å². The molecule has 4 aromatic rings. The molecule has 0 radical (unpaired) electrons. The van der Waals surface area contributed by atoms with Gasteiger partial charge >= 0.3 is 0 Å². The summed E-state index contributed by atoms with van der Waals surface area (Å²) in [4.78, 5) is 32.4. The first kappa shape index (κ1) is 22.5. The van der Waals surface area contributed by atoms with Crippen LogP contribution in [0.25, 0.3) is 6.08 Å². The van der Waals surface area contributed by atoms with E-state index in [4.69, 9.17) is 4.74 Å². The van der Waals surface area contributed by atoms with E-state index in [9.17, 15) is 9.59 Å². The molecular weight excluding hydrogens is 462 g/mol. The number of benzene rings is 2. The molecule has 1 atom stereocenters. The van der Waals surface area contributed by atoms with Crippen LogP contribution < -0.4 is 24.9 Å². The number of anilines is 1. The van der Waals surface area contributed by atoms with Crippen molar-refractivity contribution in [3.05, 3.63) is 109 Å². The standard InChI is InChI=1S/C26H23N5O3S/c1-16-22(24(32)29-19-7-5-4-6-8-19)23(18-9-11-20(34-3)12-10-18)31-25(33)21(35-26(31)28-16)13-17-14-27-30(2)15-17/h4-15,23H,1-3H3,(H,29,32)/t23-/m0/s1. The smallest absolute Gasteiger partial charge is 0.271 e. The van der Waals surface area contributed by atoms with Gasteiger partial charge in [-0.3, -0.25) is 18.8 Å². The highest BCUT2D eigenvalue weighted by molar-refractivity contribution is 7.07. The summed E-state index contributed by atoms with van der Waals surface area (Å²) >= 11 is 1.29. The minimum absolute atomic E-state index is 0.212. The summed E-state index contributed by atoms with van der Waals surface area (Å²) < 4.78 is 9.11. The first-order valence-corrected chi connectivity index (χ1v) is 11.8. The number of aryl methyl sites for hydroxylation is 1. The third-order valence-corrected chi connectivity index (χ3v) is 6.74. The fourth-order valence-corrected chi connectivity index (χ4v) is 5.15. The van der Waals surface area contributed by atoms with Crippen LogP contribution in [0.3, 0.4) is 0 Å². The van der Waals surface area contributed by atoms with Crippen molar-refractivity contribution in [2.45, 2.75) is 13.0 Å². The highest BCUT2D eigenvalue weighted by Gasteiger charge is 2.32. The Kier molecular flexibility index (Phi) is 5.92. The van der Waals surface area contributed by atoms with Crippen molar-refractivity contribution in [2.24, 2.45) is 12.0 Å². The lowest BCUT2D eigenvalue weighted by Crippen LogP contribution is -2.40. The van der Waals surface area contributed by atoms with Crippen LogP contribution >= 0.6 is 11.3 Å². The van der Waals surface area contributed by atoms with Crippen molar-refractivity contribution >= 4 is 29.0 Å². The van der Waals surface area contributed by atoms with E-state index >= 15 is 0 Å². The zero-order valence-electron chi connectivity index (χ0n) is 19.4. The van der Waals surface area contributed by atoms with E-state index in [1.807, 2.05) is 67.8 Å². The van der Waals surface area contributed by atoms with Crippen LogP contribution in [0.2, 0.25) is 0 Å². The number of methoxy groups -OCH3 is 1. The van der Waals surface area contributed by atoms with Gasteiger partial charge < -0.3 is 10.1 Å². The second-order valence-electron chi connectivity index (χ2n) is 8.12. The Morgan fingerprint density at radius 2 is 1.89 bits per heavy atom. The topological polar surface area (TPSA) is 90.5 Å². The molecule has 35 heavy (non-hydrogen) atoms. The molecule has 2 aromatic heterocycles. The van der Waals surface area contributed by atoms with Gasteiger partial charge in [0.1, 0.15) is 5.75 Å². The first-order chi connectivity index (χ1) is 16.9. The molecule has 0 bridgehead atoms. The molecule has 8 nitrogen and oxygen atoms in total. The lowest BCUT2D eigenvalue weighted by molar-refractivity contribution is -0.113. The summed E-state index contributed by atoms with van der Waals surface area (Å²) in [7, 11) is 3.42. The summed E-state index contributed by atoms with van der Waals surface area (Å²) in [5, 5.41) is 7.13. The molecule has 0 spiro atoms. The number of fused-ring (bicyclic) bond motifs is 1. The van der Waals surface area contributed by atoms with Gasteiger partial charge in [0.25, 0.3) is 11.5 Å². The molecule has 5 rings (SSSR count). The van der Waals surface area contributed by atoms with Crippen LogP contribution in [0.1, 0.15) is 24.1 Å². The van der Waals surface area contributed by atoms with Crippen molar-refractivity contribution in [2.75, 3.05) is 12.4 Å².